The first-order valence-electron chi connectivity index (χ1n) is 13.9. The monoisotopic (exact) mass is 559 g/mol. The number of benzene rings is 1. The van der Waals surface area contributed by atoms with Gasteiger partial charge in [-0.25, -0.2) is 0 Å². The number of carbonyl (C=O) groups excluding carboxylic acids is 4. The molecular weight excluding hydrogens is 518 g/mol. The molecule has 0 aliphatic rings. The molecule has 2 aromatic rings. The summed E-state index contributed by atoms with van der Waals surface area (Å²) in [5.74, 6) is -2.58. The van der Waals surface area contributed by atoms with E-state index in [-0.39, 0.29) is 31.4 Å². The van der Waals surface area contributed by atoms with E-state index in [0.717, 1.165) is 16.5 Å². The zero-order chi connectivity index (χ0) is 29.5. The van der Waals surface area contributed by atoms with Crippen LogP contribution in [-0.4, -0.2) is 58.9 Å². The van der Waals surface area contributed by atoms with Crippen LogP contribution in [0.1, 0.15) is 78.2 Å². The third kappa shape index (κ3) is 9.82. The summed E-state index contributed by atoms with van der Waals surface area (Å²) in [4.78, 5) is 53.6. The number of rotatable bonds is 17. The fourth-order valence-corrected chi connectivity index (χ4v) is 4.12. The Bertz CT molecular complexity index is 1150. The highest BCUT2D eigenvalue weighted by atomic mass is 16.6. The Morgan fingerprint density at radius 3 is 2.05 bits per heavy atom. The van der Waals surface area contributed by atoms with Crippen LogP contribution in [0.3, 0.4) is 0 Å². The fraction of sp³-hybridized carbons (Fsp3) is 0.533. The lowest BCUT2D eigenvalue weighted by atomic mass is 10.0. The lowest BCUT2D eigenvalue weighted by molar-refractivity contribution is -0.189. The zero-order valence-corrected chi connectivity index (χ0v) is 23.8. The fourth-order valence-electron chi connectivity index (χ4n) is 4.12. The van der Waals surface area contributed by atoms with Crippen molar-refractivity contribution in [3.8, 4) is 0 Å². The number of para-hydroxylation sites is 1. The highest BCUT2D eigenvalue weighted by molar-refractivity contribution is 5.83. The molecule has 0 fully saturated rings. The van der Waals surface area contributed by atoms with Crippen LogP contribution in [0.5, 0.6) is 0 Å². The molecule has 0 unspecified atom stereocenters. The summed E-state index contributed by atoms with van der Waals surface area (Å²) in [6, 6.07) is 7.72. The van der Waals surface area contributed by atoms with E-state index in [0.29, 0.717) is 25.7 Å². The standard InChI is InChI=1S/C30H41NO9/c1-5-11-25(33)38-24(19-32)30(40-27(35)13-7-3)29(39-26(34)12-6-2)23(8-4)37-28(36)17-16-20-18-31-22-15-10-9-14-21(20)22/h8-10,14-15,18,24,29-32H,5-7,11-13,16-17,19H2,1-4H3/b23-8-/t24-,29-,30-/m0/s1. The van der Waals surface area contributed by atoms with E-state index in [4.69, 9.17) is 18.9 Å². The maximum atomic E-state index is 13.0. The summed E-state index contributed by atoms with van der Waals surface area (Å²) in [6.07, 6.45) is 1.06. The van der Waals surface area contributed by atoms with Gasteiger partial charge in [0.25, 0.3) is 0 Å². The highest BCUT2D eigenvalue weighted by Crippen LogP contribution is 2.24. The molecule has 0 aliphatic carbocycles. The predicted octanol–water partition coefficient (Wildman–Crippen LogP) is 4.68. The summed E-state index contributed by atoms with van der Waals surface area (Å²) in [5.41, 5.74) is 1.89. The van der Waals surface area contributed by atoms with Gasteiger partial charge >= 0.3 is 23.9 Å². The molecule has 40 heavy (non-hydrogen) atoms. The van der Waals surface area contributed by atoms with Crippen LogP contribution in [-0.2, 0) is 44.5 Å². The molecule has 1 aromatic carbocycles. The second-order valence-electron chi connectivity index (χ2n) is 9.35. The van der Waals surface area contributed by atoms with Crippen LogP contribution in [0.4, 0.5) is 0 Å². The van der Waals surface area contributed by atoms with E-state index in [1.165, 1.54) is 6.08 Å². The highest BCUT2D eigenvalue weighted by Gasteiger charge is 2.41. The first-order valence-corrected chi connectivity index (χ1v) is 13.9. The summed E-state index contributed by atoms with van der Waals surface area (Å²) in [7, 11) is 0. The lowest BCUT2D eigenvalue weighted by Gasteiger charge is -2.32. The van der Waals surface area contributed by atoms with Gasteiger partial charge in [-0.15, -0.1) is 0 Å². The number of esters is 4. The third-order valence-corrected chi connectivity index (χ3v) is 6.09. The number of aromatic nitrogens is 1. The number of fused-ring (bicyclic) bond motifs is 1. The van der Waals surface area contributed by atoms with Gasteiger partial charge in [0.15, 0.2) is 18.3 Å². The van der Waals surface area contributed by atoms with Crippen LogP contribution >= 0.6 is 0 Å². The van der Waals surface area contributed by atoms with Gasteiger partial charge in [-0.2, -0.15) is 0 Å². The molecule has 1 aromatic heterocycles. The molecule has 0 saturated heterocycles. The van der Waals surface area contributed by atoms with Crippen molar-refractivity contribution in [2.45, 2.75) is 97.4 Å². The van der Waals surface area contributed by atoms with Crippen molar-refractivity contribution in [2.24, 2.45) is 0 Å². The molecule has 0 spiro atoms. The van der Waals surface area contributed by atoms with E-state index in [2.05, 4.69) is 4.98 Å². The van der Waals surface area contributed by atoms with Crippen LogP contribution in [0.2, 0.25) is 0 Å². The Balaban J connectivity index is 2.32. The summed E-state index contributed by atoms with van der Waals surface area (Å²) in [5, 5.41) is 11.1. The number of aromatic amines is 1. The first-order chi connectivity index (χ1) is 19.3. The van der Waals surface area contributed by atoms with Crippen LogP contribution in [0.15, 0.2) is 42.3 Å². The smallest absolute Gasteiger partial charge is 0.311 e. The summed E-state index contributed by atoms with van der Waals surface area (Å²) < 4.78 is 22.3. The van der Waals surface area contributed by atoms with Crippen LogP contribution in [0.25, 0.3) is 10.9 Å². The SMILES string of the molecule is C/C=C(\OC(=O)CCc1c[nH]c2ccccc12)[C@H](OC(=O)CCC)[C@@H](OC(=O)CCC)[C@H](CO)OC(=O)CCC. The van der Waals surface area contributed by atoms with Crippen molar-refractivity contribution in [3.63, 3.8) is 0 Å². The Morgan fingerprint density at radius 1 is 0.850 bits per heavy atom. The number of aliphatic hydroxyl groups is 1. The van der Waals surface area contributed by atoms with Gasteiger partial charge in [-0.1, -0.05) is 39.0 Å². The number of hydrogen-bond acceptors (Lipinski definition) is 9. The number of aliphatic hydroxyl groups excluding tert-OH is 1. The van der Waals surface area contributed by atoms with Gasteiger partial charge in [0.2, 0.25) is 0 Å². The average Bonchev–Trinajstić information content (AvgIpc) is 3.35. The number of allylic oxidation sites excluding steroid dienone is 1. The Labute approximate surface area is 235 Å². The number of ether oxygens (including phenoxy) is 4. The van der Waals surface area contributed by atoms with Gasteiger partial charge in [0.05, 0.1) is 13.0 Å². The molecule has 0 saturated carbocycles. The number of nitrogens with one attached hydrogen (secondary N) is 1. The number of hydrogen-bond donors (Lipinski definition) is 2. The lowest BCUT2D eigenvalue weighted by Crippen LogP contribution is -2.48. The van der Waals surface area contributed by atoms with Crippen molar-refractivity contribution in [1.82, 2.24) is 4.98 Å². The maximum absolute atomic E-state index is 13.0. The Morgan fingerprint density at radius 2 is 1.45 bits per heavy atom. The van der Waals surface area contributed by atoms with Gasteiger partial charge in [0, 0.05) is 36.4 Å². The Kier molecular flexibility index (Phi) is 13.9. The van der Waals surface area contributed by atoms with Crippen LogP contribution < -0.4 is 0 Å². The molecule has 0 aliphatic heterocycles. The van der Waals surface area contributed by atoms with E-state index < -0.39 is 48.8 Å². The number of aryl methyl sites for hydroxylation is 1. The predicted molar refractivity (Wildman–Crippen MR) is 148 cm³/mol. The van der Waals surface area contributed by atoms with Crippen molar-refractivity contribution < 1.29 is 43.2 Å². The van der Waals surface area contributed by atoms with Gasteiger partial charge < -0.3 is 29.0 Å². The van der Waals surface area contributed by atoms with Gasteiger partial charge in [0.1, 0.15) is 5.76 Å². The van der Waals surface area contributed by atoms with Crippen molar-refractivity contribution >= 4 is 34.8 Å². The van der Waals surface area contributed by atoms with Crippen molar-refractivity contribution in [1.29, 1.82) is 0 Å². The summed E-state index contributed by atoms with van der Waals surface area (Å²) >= 11 is 0. The summed E-state index contributed by atoms with van der Waals surface area (Å²) in [6.45, 7) is 6.22. The minimum absolute atomic E-state index is 0.0179. The zero-order valence-electron chi connectivity index (χ0n) is 23.8. The number of H-pyrrole nitrogens is 1. The molecule has 0 amide bonds. The molecular formula is C30H41NO9. The topological polar surface area (TPSA) is 141 Å². The van der Waals surface area contributed by atoms with Crippen molar-refractivity contribution in [2.75, 3.05) is 6.61 Å². The molecule has 0 radical (unpaired) electrons. The quantitative estimate of drug-likeness (QED) is 0.161. The van der Waals surface area contributed by atoms with Crippen LogP contribution in [0, 0.1) is 0 Å². The molecule has 10 heteroatoms. The average molecular weight is 560 g/mol. The Hall–Kier alpha value is -3.66. The van der Waals surface area contributed by atoms with Crippen molar-refractivity contribution in [3.05, 3.63) is 47.9 Å². The second-order valence-corrected chi connectivity index (χ2v) is 9.35. The maximum Gasteiger partial charge on any atom is 0.311 e. The molecule has 220 valence electrons. The first kappa shape index (κ1) is 32.6. The normalized spacial score (nSPS) is 13.8. The van der Waals surface area contributed by atoms with E-state index in [1.54, 1.807) is 27.7 Å². The second kappa shape index (κ2) is 17.1. The van der Waals surface area contributed by atoms with E-state index in [1.807, 2.05) is 30.5 Å². The largest absolute Gasteiger partial charge is 0.456 e. The molecule has 0 bridgehead atoms. The number of carbonyl (C=O) groups is 4. The van der Waals surface area contributed by atoms with E-state index in [9.17, 15) is 24.3 Å². The molecule has 3 atom stereocenters. The molecule has 10 nitrogen and oxygen atoms in total. The molecule has 2 N–H and O–H groups in total. The van der Waals surface area contributed by atoms with Gasteiger partial charge in [-0.3, -0.25) is 19.2 Å². The van der Waals surface area contributed by atoms with E-state index >= 15 is 0 Å². The minimum Gasteiger partial charge on any atom is -0.456 e. The minimum atomic E-state index is -1.45. The third-order valence-electron chi connectivity index (χ3n) is 6.09. The molecule has 1 heterocycles. The molecule has 2 rings (SSSR count). The van der Waals surface area contributed by atoms with Gasteiger partial charge in [-0.05, 0) is 50.3 Å².